The van der Waals surface area contributed by atoms with Crippen LogP contribution in [-0.4, -0.2) is 22.5 Å². The summed E-state index contributed by atoms with van der Waals surface area (Å²) < 4.78 is 1.55. The number of nitrogens with zero attached hydrogens (tertiary/aromatic N) is 1. The van der Waals surface area contributed by atoms with Gasteiger partial charge in [-0.05, 0) is 17.9 Å². The fraction of sp³-hybridized carbons (Fsp3) is 0.294. The fourth-order valence-electron chi connectivity index (χ4n) is 2.21. The van der Waals surface area contributed by atoms with E-state index >= 15 is 0 Å². The summed E-state index contributed by atoms with van der Waals surface area (Å²) in [6, 6.07) is 14.9. The van der Waals surface area contributed by atoms with Gasteiger partial charge in [0.2, 0.25) is 5.91 Å². The molecule has 2 rings (SSSR count). The van der Waals surface area contributed by atoms with Gasteiger partial charge in [0, 0.05) is 31.0 Å². The first-order valence-electron chi connectivity index (χ1n) is 7.19. The third kappa shape index (κ3) is 4.77. The minimum absolute atomic E-state index is 0.00352. The van der Waals surface area contributed by atoms with E-state index in [0.717, 1.165) is 11.3 Å². The molecule has 0 radical (unpaired) electrons. The molecule has 0 spiro atoms. The van der Waals surface area contributed by atoms with Gasteiger partial charge in [0.15, 0.2) is 0 Å². The zero-order chi connectivity index (χ0) is 15.8. The molecule has 22 heavy (non-hydrogen) atoms. The Morgan fingerprint density at radius 3 is 2.59 bits per heavy atom. The molecule has 5 heteroatoms. The minimum atomic E-state index is -0.0842. The number of aromatic nitrogens is 1. The van der Waals surface area contributed by atoms with Crippen LogP contribution in [0.4, 0.5) is 0 Å². The van der Waals surface area contributed by atoms with E-state index in [1.54, 1.807) is 34.7 Å². The Bertz CT molecular complexity index is 655. The Morgan fingerprint density at radius 2 is 1.91 bits per heavy atom. The Balaban J connectivity index is 1.94. The molecule has 1 amide bonds. The molecule has 1 aromatic heterocycles. The number of nitrogens with one attached hydrogen (secondary N) is 1. The maximum absolute atomic E-state index is 12.2. The second-order valence-electron chi connectivity index (χ2n) is 4.97. The van der Waals surface area contributed by atoms with Crippen molar-refractivity contribution in [3.63, 3.8) is 0 Å². The molecule has 1 unspecified atom stereocenters. The number of hydrogen-bond acceptors (Lipinski definition) is 3. The Hall–Kier alpha value is -2.01. The smallest absolute Gasteiger partial charge is 0.250 e. The van der Waals surface area contributed by atoms with Crippen molar-refractivity contribution in [1.29, 1.82) is 0 Å². The summed E-state index contributed by atoms with van der Waals surface area (Å²) in [5.74, 6) is 0.778. The molecule has 116 valence electrons. The summed E-state index contributed by atoms with van der Waals surface area (Å²) >= 11 is 1.69. The van der Waals surface area contributed by atoms with Crippen LogP contribution < -0.4 is 10.9 Å². The minimum Gasteiger partial charge on any atom is -0.348 e. The largest absolute Gasteiger partial charge is 0.348 e. The van der Waals surface area contributed by atoms with Crippen LogP contribution in [0, 0.1) is 0 Å². The van der Waals surface area contributed by atoms with E-state index in [-0.39, 0.29) is 17.5 Å². The van der Waals surface area contributed by atoms with Crippen LogP contribution in [-0.2, 0) is 11.3 Å². The molecule has 4 nitrogen and oxygen atoms in total. The predicted molar refractivity (Wildman–Crippen MR) is 91.0 cm³/mol. The zero-order valence-electron chi connectivity index (χ0n) is 12.6. The summed E-state index contributed by atoms with van der Waals surface area (Å²) in [5.41, 5.74) is 1.01. The van der Waals surface area contributed by atoms with E-state index < -0.39 is 0 Å². The van der Waals surface area contributed by atoms with Gasteiger partial charge in [-0.3, -0.25) is 9.59 Å². The highest BCUT2D eigenvalue weighted by molar-refractivity contribution is 7.98. The standard InChI is InChI=1S/C17H20N2O2S/c1-22-13-15(14-7-3-2-4-8-14)18-16(20)10-12-19-11-6-5-9-17(19)21/h2-9,11,15H,10,12-13H2,1H3,(H,18,20). The van der Waals surface area contributed by atoms with E-state index in [9.17, 15) is 9.59 Å². The summed E-state index contributed by atoms with van der Waals surface area (Å²) in [5, 5.41) is 3.05. The number of benzene rings is 1. The van der Waals surface area contributed by atoms with Gasteiger partial charge < -0.3 is 9.88 Å². The second kappa shape index (κ2) is 8.44. The molecule has 1 aromatic carbocycles. The van der Waals surface area contributed by atoms with Gasteiger partial charge in [0.25, 0.3) is 5.56 Å². The number of hydrogen-bond donors (Lipinski definition) is 1. The highest BCUT2D eigenvalue weighted by Crippen LogP contribution is 2.16. The summed E-state index contributed by atoms with van der Waals surface area (Å²) in [7, 11) is 0. The average Bonchev–Trinajstić information content (AvgIpc) is 2.54. The molecule has 1 atom stereocenters. The number of carbonyl (C=O) groups is 1. The van der Waals surface area contributed by atoms with Gasteiger partial charge in [-0.25, -0.2) is 0 Å². The Morgan fingerprint density at radius 1 is 1.18 bits per heavy atom. The van der Waals surface area contributed by atoms with Gasteiger partial charge in [-0.2, -0.15) is 11.8 Å². The number of aryl methyl sites for hydroxylation is 1. The van der Waals surface area contributed by atoms with Crippen LogP contribution in [0.2, 0.25) is 0 Å². The number of amides is 1. The molecule has 2 aromatic rings. The summed E-state index contributed by atoms with van der Waals surface area (Å²) in [6.45, 7) is 0.395. The molecule has 0 aliphatic heterocycles. The van der Waals surface area contributed by atoms with E-state index in [1.165, 1.54) is 6.07 Å². The molecular weight excluding hydrogens is 296 g/mol. The Kier molecular flexibility index (Phi) is 6.27. The van der Waals surface area contributed by atoms with Crippen molar-refractivity contribution < 1.29 is 4.79 Å². The third-order valence-corrected chi connectivity index (χ3v) is 4.02. The van der Waals surface area contributed by atoms with Crippen molar-refractivity contribution in [3.05, 3.63) is 70.6 Å². The van der Waals surface area contributed by atoms with Crippen molar-refractivity contribution in [2.24, 2.45) is 0 Å². The molecule has 0 aliphatic carbocycles. The maximum Gasteiger partial charge on any atom is 0.250 e. The molecule has 0 fully saturated rings. The number of carbonyl (C=O) groups excluding carboxylic acids is 1. The molecule has 0 bridgehead atoms. The number of pyridine rings is 1. The van der Waals surface area contributed by atoms with Crippen LogP contribution in [0.3, 0.4) is 0 Å². The van der Waals surface area contributed by atoms with Crippen molar-refractivity contribution in [2.45, 2.75) is 19.0 Å². The van der Waals surface area contributed by atoms with Gasteiger partial charge in [0.05, 0.1) is 6.04 Å². The third-order valence-electron chi connectivity index (χ3n) is 3.35. The van der Waals surface area contributed by atoms with Gasteiger partial charge in [-0.1, -0.05) is 36.4 Å². The second-order valence-corrected chi connectivity index (χ2v) is 5.88. The highest BCUT2D eigenvalue weighted by Gasteiger charge is 2.13. The van der Waals surface area contributed by atoms with Crippen molar-refractivity contribution in [1.82, 2.24) is 9.88 Å². The van der Waals surface area contributed by atoms with Crippen LogP contribution in [0.25, 0.3) is 0 Å². The van der Waals surface area contributed by atoms with Crippen LogP contribution in [0.15, 0.2) is 59.5 Å². The van der Waals surface area contributed by atoms with E-state index in [0.29, 0.717) is 13.0 Å². The molecular formula is C17H20N2O2S. The molecule has 0 saturated carbocycles. The highest BCUT2D eigenvalue weighted by atomic mass is 32.2. The normalized spacial score (nSPS) is 11.9. The van der Waals surface area contributed by atoms with Crippen molar-refractivity contribution in [3.8, 4) is 0 Å². The quantitative estimate of drug-likeness (QED) is 0.854. The monoisotopic (exact) mass is 316 g/mol. The predicted octanol–water partition coefficient (Wildman–Crippen LogP) is 2.46. The van der Waals surface area contributed by atoms with E-state index in [1.807, 2.05) is 36.6 Å². The summed E-state index contributed by atoms with van der Waals surface area (Å²) in [4.78, 5) is 23.8. The van der Waals surface area contributed by atoms with Crippen LogP contribution in [0.1, 0.15) is 18.0 Å². The fourth-order valence-corrected chi connectivity index (χ4v) is 2.82. The van der Waals surface area contributed by atoms with Gasteiger partial charge in [-0.15, -0.1) is 0 Å². The first-order valence-corrected chi connectivity index (χ1v) is 8.59. The summed E-state index contributed by atoms with van der Waals surface area (Å²) in [6.07, 6.45) is 4.01. The Labute approximate surface area is 134 Å². The topological polar surface area (TPSA) is 51.1 Å². The zero-order valence-corrected chi connectivity index (χ0v) is 13.4. The average molecular weight is 316 g/mol. The first-order chi connectivity index (χ1) is 10.7. The number of thioether (sulfide) groups is 1. The van der Waals surface area contributed by atoms with Gasteiger partial charge >= 0.3 is 0 Å². The van der Waals surface area contributed by atoms with Crippen LogP contribution >= 0.6 is 11.8 Å². The lowest BCUT2D eigenvalue weighted by Crippen LogP contribution is -2.31. The molecule has 0 aliphatic rings. The number of rotatable bonds is 7. The first kappa shape index (κ1) is 16.4. The van der Waals surface area contributed by atoms with Crippen molar-refractivity contribution >= 4 is 17.7 Å². The maximum atomic E-state index is 12.2. The lowest BCUT2D eigenvalue weighted by Gasteiger charge is -2.18. The van der Waals surface area contributed by atoms with Crippen molar-refractivity contribution in [2.75, 3.05) is 12.0 Å². The van der Waals surface area contributed by atoms with Crippen LogP contribution in [0.5, 0.6) is 0 Å². The lowest BCUT2D eigenvalue weighted by atomic mass is 10.1. The SMILES string of the molecule is CSCC(NC(=O)CCn1ccccc1=O)c1ccccc1. The lowest BCUT2D eigenvalue weighted by molar-refractivity contribution is -0.121. The van der Waals surface area contributed by atoms with Gasteiger partial charge in [0.1, 0.15) is 0 Å². The molecule has 1 heterocycles. The molecule has 1 N–H and O–H groups in total. The van der Waals surface area contributed by atoms with E-state index in [4.69, 9.17) is 0 Å². The van der Waals surface area contributed by atoms with E-state index in [2.05, 4.69) is 5.32 Å². The molecule has 0 saturated heterocycles.